The second-order valence-electron chi connectivity index (χ2n) is 7.55. The molecule has 0 spiro atoms. The number of nitrogens with one attached hydrogen (secondary N) is 1. The minimum absolute atomic E-state index is 0.0755. The quantitative estimate of drug-likeness (QED) is 0.558. The average Bonchev–Trinajstić information content (AvgIpc) is 3.13. The third-order valence-electron chi connectivity index (χ3n) is 5.30. The third-order valence-corrected chi connectivity index (χ3v) is 7.41. The Balaban J connectivity index is 1.71. The molecule has 1 fully saturated rings. The molecule has 11 heteroatoms. The molecule has 176 valence electrons. The normalized spacial score (nSPS) is 17.2. The van der Waals surface area contributed by atoms with Crippen molar-refractivity contribution in [2.45, 2.75) is 31.6 Å². The molecule has 1 aromatic carbocycles. The summed E-state index contributed by atoms with van der Waals surface area (Å²) in [7, 11) is -0.685. The number of piperidine rings is 1. The lowest BCUT2D eigenvalue weighted by Gasteiger charge is -2.31. The number of carbonyl (C=O) groups is 1. The molecule has 0 saturated carbocycles. The standard InChI is InChI=1S/C21H29N3O7S/c1-14-20(15(2)31-23-14)32(26,27)24-9-5-6-16(13-24)21(25)22-17-7-8-18(29-4)19(12-17)30-11-10-28-3/h7-8,12,16H,5-6,9-11,13H2,1-4H3,(H,22,25). The number of nitrogens with zero attached hydrogens (tertiary/aromatic N) is 2. The van der Waals surface area contributed by atoms with Crippen molar-refractivity contribution >= 4 is 21.6 Å². The number of anilines is 1. The lowest BCUT2D eigenvalue weighted by atomic mass is 9.98. The van der Waals surface area contributed by atoms with Gasteiger partial charge in [-0.3, -0.25) is 4.79 Å². The van der Waals surface area contributed by atoms with E-state index < -0.39 is 15.9 Å². The molecule has 10 nitrogen and oxygen atoms in total. The van der Waals surface area contributed by atoms with Crippen molar-refractivity contribution in [3.63, 3.8) is 0 Å². The molecular formula is C21H29N3O7S. The maximum absolute atomic E-state index is 13.1. The van der Waals surface area contributed by atoms with Crippen LogP contribution >= 0.6 is 0 Å². The van der Waals surface area contributed by atoms with Gasteiger partial charge in [-0.25, -0.2) is 8.42 Å². The molecule has 1 amide bonds. The number of aromatic nitrogens is 1. The van der Waals surface area contributed by atoms with Crippen LogP contribution in [-0.4, -0.2) is 64.3 Å². The Bertz CT molecular complexity index is 1030. The van der Waals surface area contributed by atoms with Gasteiger partial charge in [0.1, 0.15) is 17.2 Å². The van der Waals surface area contributed by atoms with Gasteiger partial charge in [0.15, 0.2) is 17.3 Å². The number of carbonyl (C=O) groups excluding carboxylic acids is 1. The highest BCUT2D eigenvalue weighted by Gasteiger charge is 2.36. The van der Waals surface area contributed by atoms with Crippen molar-refractivity contribution in [1.29, 1.82) is 0 Å². The molecule has 2 aromatic rings. The lowest BCUT2D eigenvalue weighted by molar-refractivity contribution is -0.120. The van der Waals surface area contributed by atoms with E-state index in [1.165, 1.54) is 11.4 Å². The van der Waals surface area contributed by atoms with E-state index in [1.807, 2.05) is 0 Å². The summed E-state index contributed by atoms with van der Waals surface area (Å²) in [6.07, 6.45) is 1.17. The second-order valence-corrected chi connectivity index (χ2v) is 9.43. The number of methoxy groups -OCH3 is 2. The van der Waals surface area contributed by atoms with Crippen LogP contribution in [0.2, 0.25) is 0 Å². The maximum Gasteiger partial charge on any atom is 0.248 e. The van der Waals surface area contributed by atoms with Gasteiger partial charge in [-0.2, -0.15) is 4.31 Å². The molecule has 1 atom stereocenters. The fraction of sp³-hybridized carbons (Fsp3) is 0.524. The summed E-state index contributed by atoms with van der Waals surface area (Å²) < 4.78 is 48.5. The van der Waals surface area contributed by atoms with Gasteiger partial charge < -0.3 is 24.1 Å². The first-order valence-corrected chi connectivity index (χ1v) is 11.8. The van der Waals surface area contributed by atoms with Crippen molar-refractivity contribution in [2.75, 3.05) is 45.8 Å². The SMILES string of the molecule is COCCOc1cc(NC(=O)C2CCCN(S(=O)(=O)c3c(C)noc3C)C2)ccc1OC. The van der Waals surface area contributed by atoms with Crippen LogP contribution in [0.1, 0.15) is 24.3 Å². The molecule has 0 bridgehead atoms. The average molecular weight is 468 g/mol. The van der Waals surface area contributed by atoms with Gasteiger partial charge >= 0.3 is 0 Å². The molecule has 0 radical (unpaired) electrons. The van der Waals surface area contributed by atoms with Gasteiger partial charge in [0.25, 0.3) is 0 Å². The number of benzene rings is 1. The zero-order valence-electron chi connectivity index (χ0n) is 18.7. The number of ether oxygens (including phenoxy) is 3. The van der Waals surface area contributed by atoms with Crippen molar-refractivity contribution in [2.24, 2.45) is 5.92 Å². The van der Waals surface area contributed by atoms with E-state index in [2.05, 4.69) is 10.5 Å². The topological polar surface area (TPSA) is 120 Å². The highest BCUT2D eigenvalue weighted by molar-refractivity contribution is 7.89. The van der Waals surface area contributed by atoms with Crippen molar-refractivity contribution < 1.29 is 31.9 Å². The van der Waals surface area contributed by atoms with Gasteiger partial charge in [0, 0.05) is 32.0 Å². The number of sulfonamides is 1. The van der Waals surface area contributed by atoms with Crippen molar-refractivity contribution in [1.82, 2.24) is 9.46 Å². The van der Waals surface area contributed by atoms with Crippen molar-refractivity contribution in [3.05, 3.63) is 29.7 Å². The first-order chi connectivity index (χ1) is 15.3. The van der Waals surface area contributed by atoms with Gasteiger partial charge in [-0.1, -0.05) is 5.16 Å². The molecule has 3 rings (SSSR count). The van der Waals surface area contributed by atoms with Crippen LogP contribution in [0.25, 0.3) is 0 Å². The lowest BCUT2D eigenvalue weighted by Crippen LogP contribution is -2.43. The maximum atomic E-state index is 13.1. The third kappa shape index (κ3) is 5.22. The summed E-state index contributed by atoms with van der Waals surface area (Å²) in [6.45, 7) is 4.34. The molecule has 1 N–H and O–H groups in total. The van der Waals surface area contributed by atoms with Crippen LogP contribution in [0.3, 0.4) is 0 Å². The summed E-state index contributed by atoms with van der Waals surface area (Å²) in [6, 6.07) is 5.08. The minimum Gasteiger partial charge on any atom is -0.493 e. The van der Waals surface area contributed by atoms with E-state index in [4.69, 9.17) is 18.7 Å². The molecule has 1 aliphatic rings. The van der Waals surface area contributed by atoms with Crippen LogP contribution in [0, 0.1) is 19.8 Å². The number of amides is 1. The number of hydrogen-bond acceptors (Lipinski definition) is 8. The smallest absolute Gasteiger partial charge is 0.248 e. The highest BCUT2D eigenvalue weighted by atomic mass is 32.2. The van der Waals surface area contributed by atoms with Crippen LogP contribution in [0.4, 0.5) is 5.69 Å². The van der Waals surface area contributed by atoms with E-state index in [0.29, 0.717) is 55.5 Å². The summed E-state index contributed by atoms with van der Waals surface area (Å²) >= 11 is 0. The Labute approximate surface area is 187 Å². The Morgan fingerprint density at radius 3 is 2.69 bits per heavy atom. The van der Waals surface area contributed by atoms with Gasteiger partial charge in [-0.15, -0.1) is 0 Å². The van der Waals surface area contributed by atoms with Gasteiger partial charge in [-0.05, 0) is 38.8 Å². The fourth-order valence-electron chi connectivity index (χ4n) is 3.69. The van der Waals surface area contributed by atoms with E-state index in [-0.39, 0.29) is 23.1 Å². The Morgan fingerprint density at radius 2 is 2.03 bits per heavy atom. The Hall–Kier alpha value is -2.63. The largest absolute Gasteiger partial charge is 0.493 e. The molecule has 2 heterocycles. The van der Waals surface area contributed by atoms with Gasteiger partial charge in [0.2, 0.25) is 15.9 Å². The molecule has 1 aromatic heterocycles. The van der Waals surface area contributed by atoms with Crippen LogP contribution in [0.15, 0.2) is 27.6 Å². The van der Waals surface area contributed by atoms with Crippen LogP contribution in [0.5, 0.6) is 11.5 Å². The Kier molecular flexibility index (Phi) is 7.75. The Morgan fingerprint density at radius 1 is 1.25 bits per heavy atom. The zero-order valence-corrected chi connectivity index (χ0v) is 19.5. The highest BCUT2D eigenvalue weighted by Crippen LogP contribution is 2.32. The van der Waals surface area contributed by atoms with E-state index in [0.717, 1.165) is 0 Å². The minimum atomic E-state index is -3.80. The molecule has 1 saturated heterocycles. The summed E-state index contributed by atoms with van der Waals surface area (Å²) in [5.74, 6) is 0.519. The number of rotatable bonds is 9. The molecule has 1 unspecified atom stereocenters. The predicted octanol–water partition coefficient (Wildman–Crippen LogP) is 2.36. The molecule has 32 heavy (non-hydrogen) atoms. The number of hydrogen-bond donors (Lipinski definition) is 1. The first kappa shape index (κ1) is 24.0. The summed E-state index contributed by atoms with van der Waals surface area (Å²) in [5.41, 5.74) is 0.849. The summed E-state index contributed by atoms with van der Waals surface area (Å²) in [5, 5.41) is 6.61. The van der Waals surface area contributed by atoms with Crippen LogP contribution in [-0.2, 0) is 19.6 Å². The van der Waals surface area contributed by atoms with Gasteiger partial charge in [0.05, 0.1) is 19.6 Å². The zero-order chi connectivity index (χ0) is 23.3. The second kappa shape index (κ2) is 10.3. The van der Waals surface area contributed by atoms with Crippen molar-refractivity contribution in [3.8, 4) is 11.5 Å². The monoisotopic (exact) mass is 467 g/mol. The van der Waals surface area contributed by atoms with E-state index in [9.17, 15) is 13.2 Å². The van der Waals surface area contributed by atoms with E-state index in [1.54, 1.807) is 39.2 Å². The summed E-state index contributed by atoms with van der Waals surface area (Å²) in [4.78, 5) is 13.0. The number of aryl methyl sites for hydroxylation is 2. The van der Waals surface area contributed by atoms with Crippen LogP contribution < -0.4 is 14.8 Å². The molecule has 0 aliphatic carbocycles. The predicted molar refractivity (Wildman–Crippen MR) is 116 cm³/mol. The first-order valence-electron chi connectivity index (χ1n) is 10.3. The van der Waals surface area contributed by atoms with E-state index >= 15 is 0 Å². The molecular weight excluding hydrogens is 438 g/mol. The fourth-order valence-corrected chi connectivity index (χ4v) is 5.51. The molecule has 1 aliphatic heterocycles.